The van der Waals surface area contributed by atoms with Crippen LogP contribution < -0.4 is 14.4 Å². The van der Waals surface area contributed by atoms with E-state index in [1.807, 2.05) is 49.4 Å². The number of aliphatic hydroxyl groups excluding tert-OH is 2. The van der Waals surface area contributed by atoms with Gasteiger partial charge in [0, 0.05) is 29.4 Å². The van der Waals surface area contributed by atoms with Crippen LogP contribution in [0.5, 0.6) is 11.5 Å². The number of aliphatic carboxylic acids is 1. The van der Waals surface area contributed by atoms with E-state index in [1.165, 1.54) is 17.4 Å². The van der Waals surface area contributed by atoms with E-state index in [2.05, 4.69) is 40.1 Å². The van der Waals surface area contributed by atoms with Crippen LogP contribution in [0.15, 0.2) is 91.5 Å². The van der Waals surface area contributed by atoms with Crippen molar-refractivity contribution in [2.24, 2.45) is 0 Å². The smallest absolute Gasteiger partial charge is 0.416 e. The van der Waals surface area contributed by atoms with E-state index in [0.29, 0.717) is 57.2 Å². The third kappa shape index (κ3) is 11.7. The molecule has 2 heterocycles. The molecule has 0 aliphatic carbocycles. The topological polar surface area (TPSA) is 188 Å². The van der Waals surface area contributed by atoms with Crippen LogP contribution in [-0.2, 0) is 29.2 Å². The number of carboxylic acids is 1. The van der Waals surface area contributed by atoms with Crippen LogP contribution in [0, 0.1) is 25.2 Å². The summed E-state index contributed by atoms with van der Waals surface area (Å²) in [4.78, 5) is 38.7. The van der Waals surface area contributed by atoms with Crippen LogP contribution in [0.25, 0.3) is 33.2 Å². The van der Waals surface area contributed by atoms with E-state index in [1.54, 1.807) is 45.2 Å². The van der Waals surface area contributed by atoms with E-state index in [4.69, 9.17) is 30.9 Å². The molecule has 0 spiro atoms. The molecule has 13 nitrogen and oxygen atoms in total. The average molecular weight is 872 g/mol. The molecule has 1 amide bonds. The van der Waals surface area contributed by atoms with Gasteiger partial charge < -0.3 is 29.5 Å². The third-order valence-electron chi connectivity index (χ3n) is 10.4. The SMILES string of the molecule is Cc1c(COc2cc(OCc3cncc(C#N)c3)c(CCC[C@@H](O)CC(=O)O)cc2Cl)cccc1-c1cccc(-c2ccc3ncnc(N(CCO)C(=O)OC(C)(C)C)c3c2)c1C. The number of rotatable bonds is 17. The van der Waals surface area contributed by atoms with Crippen molar-refractivity contribution >= 4 is 40.4 Å². The number of anilines is 1. The van der Waals surface area contributed by atoms with Crippen molar-refractivity contribution in [3.63, 3.8) is 0 Å². The van der Waals surface area contributed by atoms with Gasteiger partial charge in [-0.15, -0.1) is 0 Å². The largest absolute Gasteiger partial charge is 0.488 e. The Hall–Kier alpha value is -6.59. The van der Waals surface area contributed by atoms with Crippen molar-refractivity contribution in [2.75, 3.05) is 18.1 Å². The Morgan fingerprint density at radius 1 is 0.889 bits per heavy atom. The molecule has 0 radical (unpaired) electrons. The molecule has 0 aliphatic heterocycles. The second-order valence-electron chi connectivity index (χ2n) is 16.2. The number of pyridine rings is 1. The van der Waals surface area contributed by atoms with Gasteiger partial charge in [-0.1, -0.05) is 54.1 Å². The Balaban J connectivity index is 1.27. The molecule has 14 heteroatoms. The van der Waals surface area contributed by atoms with Gasteiger partial charge in [0.1, 0.15) is 48.5 Å². The fourth-order valence-electron chi connectivity index (χ4n) is 7.29. The Labute approximate surface area is 371 Å². The number of hydrogen-bond acceptors (Lipinski definition) is 11. The summed E-state index contributed by atoms with van der Waals surface area (Å²) in [6.07, 6.45) is 3.80. The zero-order chi connectivity index (χ0) is 45.3. The third-order valence-corrected chi connectivity index (χ3v) is 10.7. The normalized spacial score (nSPS) is 11.8. The van der Waals surface area contributed by atoms with Crippen molar-refractivity contribution in [1.82, 2.24) is 15.0 Å². The number of hydrogen-bond donors (Lipinski definition) is 3. The van der Waals surface area contributed by atoms with Gasteiger partial charge in [0.05, 0.1) is 41.8 Å². The lowest BCUT2D eigenvalue weighted by Gasteiger charge is -2.27. The molecule has 0 bridgehead atoms. The lowest BCUT2D eigenvalue weighted by Crippen LogP contribution is -2.39. The number of amides is 1. The predicted molar refractivity (Wildman–Crippen MR) is 241 cm³/mol. The van der Waals surface area contributed by atoms with Gasteiger partial charge in [-0.3, -0.25) is 14.7 Å². The molecule has 63 heavy (non-hydrogen) atoms. The van der Waals surface area contributed by atoms with Crippen LogP contribution >= 0.6 is 11.6 Å². The number of aromatic nitrogens is 3. The number of nitriles is 1. The monoisotopic (exact) mass is 871 g/mol. The van der Waals surface area contributed by atoms with Crippen LogP contribution in [0.3, 0.4) is 0 Å². The highest BCUT2D eigenvalue weighted by Crippen LogP contribution is 2.38. The molecule has 6 rings (SSSR count). The summed E-state index contributed by atoms with van der Waals surface area (Å²) in [7, 11) is 0. The summed E-state index contributed by atoms with van der Waals surface area (Å²) in [6, 6.07) is 25.3. The lowest BCUT2D eigenvalue weighted by molar-refractivity contribution is -0.139. The van der Waals surface area contributed by atoms with E-state index >= 15 is 0 Å². The number of carbonyl (C=O) groups is 2. The van der Waals surface area contributed by atoms with Crippen molar-refractivity contribution in [3.8, 4) is 39.8 Å². The van der Waals surface area contributed by atoms with Crippen molar-refractivity contribution in [2.45, 2.75) is 85.2 Å². The van der Waals surface area contributed by atoms with E-state index < -0.39 is 23.8 Å². The van der Waals surface area contributed by atoms with Crippen LogP contribution in [0.4, 0.5) is 10.6 Å². The maximum Gasteiger partial charge on any atom is 0.416 e. The minimum absolute atomic E-state index is 0.00794. The molecule has 2 aromatic heterocycles. The van der Waals surface area contributed by atoms with Gasteiger partial charge in [0.2, 0.25) is 0 Å². The van der Waals surface area contributed by atoms with Gasteiger partial charge in [-0.25, -0.2) is 14.8 Å². The minimum Gasteiger partial charge on any atom is -0.488 e. The Morgan fingerprint density at radius 2 is 1.62 bits per heavy atom. The second kappa shape index (κ2) is 20.5. The highest BCUT2D eigenvalue weighted by atomic mass is 35.5. The van der Waals surface area contributed by atoms with Gasteiger partial charge >= 0.3 is 12.1 Å². The van der Waals surface area contributed by atoms with Gasteiger partial charge in [-0.05, 0) is 123 Å². The quantitative estimate of drug-likeness (QED) is 0.0789. The molecule has 0 unspecified atom stereocenters. The van der Waals surface area contributed by atoms with Crippen LogP contribution in [-0.4, -0.2) is 67.2 Å². The molecular weight excluding hydrogens is 822 g/mol. The zero-order valence-electron chi connectivity index (χ0n) is 35.9. The van der Waals surface area contributed by atoms with Gasteiger partial charge in [-0.2, -0.15) is 5.26 Å². The molecule has 3 N–H and O–H groups in total. The maximum absolute atomic E-state index is 13.3. The highest BCUT2D eigenvalue weighted by Gasteiger charge is 2.26. The van der Waals surface area contributed by atoms with Gasteiger partial charge in [0.25, 0.3) is 0 Å². The first-order valence-corrected chi connectivity index (χ1v) is 20.9. The summed E-state index contributed by atoms with van der Waals surface area (Å²) in [6.45, 7) is 9.50. The fraction of sp³-hybridized carbons (Fsp3) is 0.306. The number of nitrogens with zero attached hydrogens (tertiary/aromatic N) is 5. The van der Waals surface area contributed by atoms with Crippen molar-refractivity contribution in [3.05, 3.63) is 130 Å². The molecule has 0 saturated carbocycles. The number of halogens is 1. The molecule has 0 fully saturated rings. The highest BCUT2D eigenvalue weighted by molar-refractivity contribution is 6.32. The predicted octanol–water partition coefficient (Wildman–Crippen LogP) is 9.55. The van der Waals surface area contributed by atoms with Crippen molar-refractivity contribution < 1.29 is 39.1 Å². The first kappa shape index (κ1) is 45.9. The van der Waals surface area contributed by atoms with Crippen LogP contribution in [0.1, 0.15) is 73.4 Å². The molecule has 326 valence electrons. The number of carboxylic acid groups (broad SMARTS) is 1. The molecule has 0 aliphatic rings. The number of carbonyl (C=O) groups excluding carboxylic acids is 1. The fourth-order valence-corrected chi connectivity index (χ4v) is 7.53. The first-order valence-electron chi connectivity index (χ1n) is 20.5. The maximum atomic E-state index is 13.3. The first-order chi connectivity index (χ1) is 30.1. The Bertz CT molecular complexity index is 2660. The molecule has 6 aromatic rings. The number of aliphatic hydroxyl groups is 2. The van der Waals surface area contributed by atoms with Gasteiger partial charge in [0.15, 0.2) is 0 Å². The van der Waals surface area contributed by atoms with E-state index in [0.717, 1.165) is 44.5 Å². The standard InChI is InChI=1S/C49H50ClN5O8/c1-30-36(28-62-45-23-44(61-27-33-19-32(24-51)25-52-26-33)35(21-42(45)50)9-6-11-37(57)22-46(58)59)10-7-13-39(30)40-14-8-12-38(31(40)2)34-15-16-43-41(20-34)47(54-29-53-43)55(17-18-56)48(60)63-49(3,4)5/h7-8,10,12-16,19-21,23,25-26,29,37,56-57H,6,9,11,17-18,22,27-28H2,1-5H3,(H,58,59)/t37-/m1/s1. The molecule has 0 saturated heterocycles. The summed E-state index contributed by atoms with van der Waals surface area (Å²) < 4.78 is 18.3. The number of aryl methyl sites for hydroxylation is 1. The molecular formula is C49H50ClN5O8. The number of fused-ring (bicyclic) bond motifs is 1. The number of ether oxygens (including phenoxy) is 3. The lowest BCUT2D eigenvalue weighted by atomic mass is 9.89. The Morgan fingerprint density at radius 3 is 2.35 bits per heavy atom. The van der Waals surface area contributed by atoms with Crippen molar-refractivity contribution in [1.29, 1.82) is 5.26 Å². The molecule has 1 atom stereocenters. The average Bonchev–Trinajstić information content (AvgIpc) is 3.24. The summed E-state index contributed by atoms with van der Waals surface area (Å²) in [5.74, 6) is 0.176. The van der Waals surface area contributed by atoms with E-state index in [-0.39, 0.29) is 39.2 Å². The summed E-state index contributed by atoms with van der Waals surface area (Å²) >= 11 is 6.82. The summed E-state index contributed by atoms with van der Waals surface area (Å²) in [5.41, 5.74) is 8.63. The summed E-state index contributed by atoms with van der Waals surface area (Å²) in [5, 5.41) is 39.4. The molecule has 4 aromatic carbocycles. The Kier molecular flexibility index (Phi) is 15.0. The second-order valence-corrected chi connectivity index (χ2v) is 16.6. The zero-order valence-corrected chi connectivity index (χ0v) is 36.6. The minimum atomic E-state index is -1.06. The van der Waals surface area contributed by atoms with Crippen LogP contribution in [0.2, 0.25) is 5.02 Å². The van der Waals surface area contributed by atoms with E-state index in [9.17, 15) is 25.1 Å². The number of benzene rings is 4.